The van der Waals surface area contributed by atoms with Crippen molar-refractivity contribution in [3.05, 3.63) is 35.1 Å². The van der Waals surface area contributed by atoms with E-state index in [1.54, 1.807) is 17.9 Å². The molecule has 94 valence electrons. The lowest BCUT2D eigenvalue weighted by Crippen LogP contribution is -2.34. The number of aryl methyl sites for hydroxylation is 1. The molecule has 0 aromatic heterocycles. The van der Waals surface area contributed by atoms with E-state index in [0.29, 0.717) is 18.7 Å². The summed E-state index contributed by atoms with van der Waals surface area (Å²) in [6.45, 7) is 6.82. The summed E-state index contributed by atoms with van der Waals surface area (Å²) in [4.78, 5) is 13.2. The van der Waals surface area contributed by atoms with Crippen molar-refractivity contribution in [3.8, 4) is 0 Å². The van der Waals surface area contributed by atoms with Crippen LogP contribution in [0.2, 0.25) is 0 Å². The van der Waals surface area contributed by atoms with Gasteiger partial charge in [-0.3, -0.25) is 9.69 Å². The van der Waals surface area contributed by atoms with E-state index in [1.165, 1.54) is 12.1 Å². The Morgan fingerprint density at radius 2 is 2.00 bits per heavy atom. The fourth-order valence-electron chi connectivity index (χ4n) is 1.98. The zero-order chi connectivity index (χ0) is 13.0. The molecule has 1 aromatic rings. The topological polar surface area (TPSA) is 40.5 Å². The van der Waals surface area contributed by atoms with Crippen molar-refractivity contribution in [3.63, 3.8) is 0 Å². The van der Waals surface area contributed by atoms with Gasteiger partial charge in [0.1, 0.15) is 11.9 Å². The molecule has 0 heterocycles. The highest BCUT2D eigenvalue weighted by Crippen LogP contribution is 2.24. The molecule has 1 atom stereocenters. The van der Waals surface area contributed by atoms with Crippen LogP contribution in [0.25, 0.3) is 0 Å². The van der Waals surface area contributed by atoms with Crippen molar-refractivity contribution < 1.29 is 14.3 Å². The van der Waals surface area contributed by atoms with Gasteiger partial charge in [0, 0.05) is 0 Å². The Morgan fingerprint density at radius 1 is 1.41 bits per heavy atom. The molecule has 1 unspecified atom stereocenters. The number of aliphatic carboxylic acids is 1. The Kier molecular flexibility index (Phi) is 4.63. The summed E-state index contributed by atoms with van der Waals surface area (Å²) in [6, 6.07) is 3.50. The number of rotatable bonds is 5. The largest absolute Gasteiger partial charge is 0.480 e. The van der Waals surface area contributed by atoms with E-state index in [0.717, 1.165) is 5.56 Å². The van der Waals surface area contributed by atoms with E-state index < -0.39 is 17.8 Å². The standard InChI is InChI=1S/C13H18FNO2/c1-4-15(5-2)12(13(16)17)11-8-10(14)7-6-9(11)3/h6-8,12H,4-5H2,1-3H3,(H,16,17). The quantitative estimate of drug-likeness (QED) is 0.858. The van der Waals surface area contributed by atoms with Gasteiger partial charge in [-0.05, 0) is 43.3 Å². The maximum Gasteiger partial charge on any atom is 0.325 e. The molecule has 3 nitrogen and oxygen atoms in total. The van der Waals surface area contributed by atoms with Gasteiger partial charge in [-0.25, -0.2) is 4.39 Å². The second-order valence-corrected chi connectivity index (χ2v) is 3.96. The number of hydrogen-bond donors (Lipinski definition) is 1. The Bertz CT molecular complexity index is 402. The molecule has 1 rings (SSSR count). The van der Waals surface area contributed by atoms with E-state index in [2.05, 4.69) is 0 Å². The van der Waals surface area contributed by atoms with Crippen LogP contribution < -0.4 is 0 Å². The number of nitrogens with zero attached hydrogens (tertiary/aromatic N) is 1. The van der Waals surface area contributed by atoms with E-state index in [9.17, 15) is 14.3 Å². The zero-order valence-electron chi connectivity index (χ0n) is 10.4. The first-order chi connectivity index (χ1) is 8.01. The number of hydrogen-bond acceptors (Lipinski definition) is 2. The summed E-state index contributed by atoms with van der Waals surface area (Å²) >= 11 is 0. The number of carboxylic acids is 1. The van der Waals surface area contributed by atoms with Crippen LogP contribution in [-0.2, 0) is 4.79 Å². The lowest BCUT2D eigenvalue weighted by molar-refractivity contribution is -0.143. The predicted octanol–water partition coefficient (Wildman–Crippen LogP) is 2.60. The molecule has 0 bridgehead atoms. The number of carboxylic acid groups (broad SMARTS) is 1. The third kappa shape index (κ3) is 3.03. The maximum absolute atomic E-state index is 13.2. The molecule has 0 radical (unpaired) electrons. The third-order valence-corrected chi connectivity index (χ3v) is 2.95. The predicted molar refractivity (Wildman–Crippen MR) is 64.4 cm³/mol. The van der Waals surface area contributed by atoms with E-state index in [-0.39, 0.29) is 0 Å². The first-order valence-corrected chi connectivity index (χ1v) is 5.74. The summed E-state index contributed by atoms with van der Waals surface area (Å²) in [5.41, 5.74) is 1.33. The van der Waals surface area contributed by atoms with E-state index in [1.807, 2.05) is 13.8 Å². The Morgan fingerprint density at radius 3 is 2.47 bits per heavy atom. The van der Waals surface area contributed by atoms with Gasteiger partial charge in [0.2, 0.25) is 0 Å². The highest BCUT2D eigenvalue weighted by molar-refractivity contribution is 5.76. The minimum Gasteiger partial charge on any atom is -0.480 e. The van der Waals surface area contributed by atoms with Gasteiger partial charge in [0.25, 0.3) is 0 Å². The Hall–Kier alpha value is -1.42. The van der Waals surface area contributed by atoms with Crippen molar-refractivity contribution in [2.45, 2.75) is 26.8 Å². The minimum atomic E-state index is -0.942. The minimum absolute atomic E-state index is 0.399. The van der Waals surface area contributed by atoms with Crippen LogP contribution in [0.15, 0.2) is 18.2 Å². The van der Waals surface area contributed by atoms with Gasteiger partial charge < -0.3 is 5.11 Å². The van der Waals surface area contributed by atoms with E-state index in [4.69, 9.17) is 0 Å². The normalized spacial score (nSPS) is 12.8. The number of likely N-dealkylation sites (N-methyl/N-ethyl adjacent to an activating group) is 1. The average Bonchev–Trinajstić information content (AvgIpc) is 2.29. The monoisotopic (exact) mass is 239 g/mol. The molecule has 0 saturated heterocycles. The van der Waals surface area contributed by atoms with Crippen LogP contribution >= 0.6 is 0 Å². The molecule has 1 aromatic carbocycles. The molecule has 1 N–H and O–H groups in total. The summed E-state index contributed by atoms with van der Waals surface area (Å²) in [5.74, 6) is -1.34. The smallest absolute Gasteiger partial charge is 0.325 e. The molecule has 0 amide bonds. The van der Waals surface area contributed by atoms with Gasteiger partial charge in [-0.1, -0.05) is 19.9 Å². The first-order valence-electron chi connectivity index (χ1n) is 5.74. The highest BCUT2D eigenvalue weighted by atomic mass is 19.1. The lowest BCUT2D eigenvalue weighted by atomic mass is 9.99. The van der Waals surface area contributed by atoms with Crippen molar-refractivity contribution in [1.29, 1.82) is 0 Å². The number of halogens is 1. The van der Waals surface area contributed by atoms with Gasteiger partial charge in [0.15, 0.2) is 0 Å². The first kappa shape index (κ1) is 13.6. The van der Waals surface area contributed by atoms with E-state index >= 15 is 0 Å². The molecule has 17 heavy (non-hydrogen) atoms. The highest BCUT2D eigenvalue weighted by Gasteiger charge is 2.26. The van der Waals surface area contributed by atoms with Gasteiger partial charge in [-0.2, -0.15) is 0 Å². The Labute approximate surface area is 101 Å². The summed E-state index contributed by atoms with van der Waals surface area (Å²) < 4.78 is 13.2. The van der Waals surface area contributed by atoms with Crippen LogP contribution in [-0.4, -0.2) is 29.1 Å². The van der Waals surface area contributed by atoms with Gasteiger partial charge >= 0.3 is 5.97 Å². The summed E-state index contributed by atoms with van der Waals surface area (Å²) in [5, 5.41) is 9.31. The van der Waals surface area contributed by atoms with Crippen molar-refractivity contribution >= 4 is 5.97 Å². The third-order valence-electron chi connectivity index (χ3n) is 2.95. The van der Waals surface area contributed by atoms with Gasteiger partial charge in [-0.15, -0.1) is 0 Å². The van der Waals surface area contributed by atoms with Crippen molar-refractivity contribution in [2.75, 3.05) is 13.1 Å². The second-order valence-electron chi connectivity index (χ2n) is 3.96. The fraction of sp³-hybridized carbons (Fsp3) is 0.462. The van der Waals surface area contributed by atoms with Crippen LogP contribution in [0.3, 0.4) is 0 Å². The molecule has 0 spiro atoms. The molecule has 0 fully saturated rings. The molecule has 0 aliphatic heterocycles. The zero-order valence-corrected chi connectivity index (χ0v) is 10.4. The molecule has 4 heteroatoms. The molecular weight excluding hydrogens is 221 g/mol. The molecule has 0 aliphatic carbocycles. The fourth-order valence-corrected chi connectivity index (χ4v) is 1.98. The molecule has 0 aliphatic rings. The lowest BCUT2D eigenvalue weighted by Gasteiger charge is -2.27. The average molecular weight is 239 g/mol. The second kappa shape index (κ2) is 5.77. The number of carbonyl (C=O) groups is 1. The van der Waals surface area contributed by atoms with Crippen molar-refractivity contribution in [1.82, 2.24) is 4.90 Å². The SMILES string of the molecule is CCN(CC)C(C(=O)O)c1cc(F)ccc1C. The van der Waals surface area contributed by atoms with Crippen LogP contribution in [0.4, 0.5) is 4.39 Å². The Balaban J connectivity index is 3.22. The van der Waals surface area contributed by atoms with Crippen LogP contribution in [0, 0.1) is 12.7 Å². The molecular formula is C13H18FNO2. The summed E-state index contributed by atoms with van der Waals surface area (Å²) in [7, 11) is 0. The van der Waals surface area contributed by atoms with Crippen LogP contribution in [0.5, 0.6) is 0 Å². The molecule has 0 saturated carbocycles. The summed E-state index contributed by atoms with van der Waals surface area (Å²) in [6.07, 6.45) is 0. The maximum atomic E-state index is 13.2. The van der Waals surface area contributed by atoms with Crippen LogP contribution in [0.1, 0.15) is 31.0 Å². The number of benzene rings is 1. The van der Waals surface area contributed by atoms with Crippen molar-refractivity contribution in [2.24, 2.45) is 0 Å². The van der Waals surface area contributed by atoms with Gasteiger partial charge in [0.05, 0.1) is 0 Å².